The van der Waals surface area contributed by atoms with Gasteiger partial charge < -0.3 is 15.4 Å². The number of hydrogen-bond acceptors (Lipinski definition) is 3. The van der Waals surface area contributed by atoms with E-state index in [1.807, 2.05) is 0 Å². The molecule has 7 heteroatoms. The molecule has 0 aliphatic rings. The zero-order valence-electron chi connectivity index (χ0n) is 11.6. The predicted octanol–water partition coefficient (Wildman–Crippen LogP) is 1.71. The smallest absolute Gasteiger partial charge is 0.371 e. The van der Waals surface area contributed by atoms with Gasteiger partial charge in [-0.2, -0.15) is 13.2 Å². The Hall–Kier alpha value is -0.820. The topological polar surface area (TPSA) is 50.4 Å². The summed E-state index contributed by atoms with van der Waals surface area (Å²) in [6.07, 6.45) is -3.41. The van der Waals surface area contributed by atoms with E-state index < -0.39 is 18.8 Å². The highest BCUT2D eigenvalue weighted by atomic mass is 19.4. The molecule has 0 aromatic rings. The van der Waals surface area contributed by atoms with Crippen LogP contribution in [0, 0.1) is 5.92 Å². The lowest BCUT2D eigenvalue weighted by Gasteiger charge is -2.15. The second-order valence-corrected chi connectivity index (χ2v) is 4.82. The second-order valence-electron chi connectivity index (χ2n) is 4.82. The normalized spacial score (nSPS) is 13.6. The molecule has 4 nitrogen and oxygen atoms in total. The van der Waals surface area contributed by atoms with E-state index in [1.165, 1.54) is 0 Å². The minimum atomic E-state index is -4.31. The fourth-order valence-corrected chi connectivity index (χ4v) is 1.27. The zero-order chi connectivity index (χ0) is 14.9. The number of alkyl halides is 3. The average Bonchev–Trinajstić information content (AvgIpc) is 2.26. The maximum Gasteiger partial charge on any atom is 0.411 e. The third-order valence-corrected chi connectivity index (χ3v) is 2.38. The van der Waals surface area contributed by atoms with Crippen LogP contribution < -0.4 is 10.6 Å². The molecular weight excluding hydrogens is 261 g/mol. The molecule has 0 aromatic carbocycles. The van der Waals surface area contributed by atoms with Crippen LogP contribution in [0.4, 0.5) is 13.2 Å². The fraction of sp³-hybridized carbons (Fsp3) is 0.917. The number of carbonyl (C=O) groups is 1. The first kappa shape index (κ1) is 18.2. The molecule has 1 unspecified atom stereocenters. The van der Waals surface area contributed by atoms with Crippen molar-refractivity contribution in [1.82, 2.24) is 10.6 Å². The Bertz CT molecular complexity index is 258. The van der Waals surface area contributed by atoms with E-state index in [0.29, 0.717) is 12.5 Å². The van der Waals surface area contributed by atoms with Gasteiger partial charge in [0.2, 0.25) is 5.91 Å². The van der Waals surface area contributed by atoms with Crippen molar-refractivity contribution in [1.29, 1.82) is 0 Å². The van der Waals surface area contributed by atoms with Crippen LogP contribution >= 0.6 is 0 Å². The minimum Gasteiger partial charge on any atom is -0.371 e. The molecule has 0 bridgehead atoms. The van der Waals surface area contributed by atoms with E-state index >= 15 is 0 Å². The number of carbonyl (C=O) groups excluding carboxylic acids is 1. The minimum absolute atomic E-state index is 0.0802. The van der Waals surface area contributed by atoms with E-state index in [9.17, 15) is 18.0 Å². The lowest BCUT2D eigenvalue weighted by molar-refractivity contribution is -0.173. The van der Waals surface area contributed by atoms with Crippen LogP contribution in [0.25, 0.3) is 0 Å². The molecule has 0 spiro atoms. The van der Waals surface area contributed by atoms with Crippen molar-refractivity contribution in [2.24, 2.45) is 5.92 Å². The third-order valence-electron chi connectivity index (χ3n) is 2.38. The number of rotatable bonds is 9. The predicted molar refractivity (Wildman–Crippen MR) is 66.8 cm³/mol. The van der Waals surface area contributed by atoms with Crippen LogP contribution in [-0.2, 0) is 9.53 Å². The van der Waals surface area contributed by atoms with E-state index in [0.717, 1.165) is 6.42 Å². The van der Waals surface area contributed by atoms with Crippen LogP contribution in [0.15, 0.2) is 0 Å². The maximum atomic E-state index is 11.8. The van der Waals surface area contributed by atoms with Gasteiger partial charge in [-0.3, -0.25) is 4.79 Å². The molecule has 19 heavy (non-hydrogen) atoms. The Morgan fingerprint density at radius 1 is 1.21 bits per heavy atom. The first-order chi connectivity index (χ1) is 8.72. The lowest BCUT2D eigenvalue weighted by atomic mass is 10.1. The van der Waals surface area contributed by atoms with Crippen molar-refractivity contribution in [2.75, 3.05) is 26.3 Å². The summed E-state index contributed by atoms with van der Waals surface area (Å²) in [6.45, 7) is 5.25. The molecule has 0 radical (unpaired) electrons. The van der Waals surface area contributed by atoms with E-state index in [-0.39, 0.29) is 19.1 Å². The highest BCUT2D eigenvalue weighted by molar-refractivity contribution is 5.81. The molecule has 0 rings (SSSR count). The maximum absolute atomic E-state index is 11.8. The van der Waals surface area contributed by atoms with Gasteiger partial charge in [-0.15, -0.1) is 0 Å². The van der Waals surface area contributed by atoms with Crippen LogP contribution in [0.2, 0.25) is 0 Å². The number of nitrogens with one attached hydrogen (secondary N) is 2. The Morgan fingerprint density at radius 3 is 2.37 bits per heavy atom. The molecular formula is C12H23F3N2O2. The molecule has 0 aromatic heterocycles. The Morgan fingerprint density at radius 2 is 1.84 bits per heavy atom. The highest BCUT2D eigenvalue weighted by Crippen LogP contribution is 2.13. The van der Waals surface area contributed by atoms with Crippen molar-refractivity contribution in [2.45, 2.75) is 39.4 Å². The van der Waals surface area contributed by atoms with Crippen molar-refractivity contribution in [3.63, 3.8) is 0 Å². The molecule has 114 valence electrons. The zero-order valence-corrected chi connectivity index (χ0v) is 11.6. The van der Waals surface area contributed by atoms with Crippen molar-refractivity contribution < 1.29 is 22.7 Å². The summed E-state index contributed by atoms with van der Waals surface area (Å²) in [5.41, 5.74) is 0. The van der Waals surface area contributed by atoms with E-state index in [4.69, 9.17) is 0 Å². The number of halogens is 3. The van der Waals surface area contributed by atoms with Crippen molar-refractivity contribution >= 4 is 5.91 Å². The molecule has 0 saturated heterocycles. The molecule has 0 aliphatic heterocycles. The molecule has 0 saturated carbocycles. The summed E-state index contributed by atoms with van der Waals surface area (Å²) < 4.78 is 39.7. The van der Waals surface area contributed by atoms with E-state index in [1.54, 1.807) is 6.92 Å². The summed E-state index contributed by atoms with van der Waals surface area (Å²) >= 11 is 0. The molecule has 1 atom stereocenters. The van der Waals surface area contributed by atoms with Crippen LogP contribution in [0.5, 0.6) is 0 Å². The molecule has 0 heterocycles. The van der Waals surface area contributed by atoms with Crippen molar-refractivity contribution in [3.8, 4) is 0 Å². The summed E-state index contributed by atoms with van der Waals surface area (Å²) in [5.74, 6) is 0.357. The molecule has 2 N–H and O–H groups in total. The van der Waals surface area contributed by atoms with Crippen LogP contribution in [-0.4, -0.2) is 44.4 Å². The van der Waals surface area contributed by atoms with Gasteiger partial charge in [0.1, 0.15) is 6.61 Å². The molecule has 0 aliphatic carbocycles. The van der Waals surface area contributed by atoms with E-state index in [2.05, 4.69) is 29.2 Å². The number of amides is 1. The molecule has 1 amide bonds. The monoisotopic (exact) mass is 284 g/mol. The summed E-state index contributed by atoms with van der Waals surface area (Å²) in [7, 11) is 0. The van der Waals surface area contributed by atoms with Gasteiger partial charge >= 0.3 is 6.18 Å². The van der Waals surface area contributed by atoms with Gasteiger partial charge in [0.05, 0.1) is 12.6 Å². The summed E-state index contributed by atoms with van der Waals surface area (Å²) in [6, 6.07) is -0.443. The van der Waals surface area contributed by atoms with Crippen molar-refractivity contribution in [3.05, 3.63) is 0 Å². The summed E-state index contributed by atoms with van der Waals surface area (Å²) in [5, 5.41) is 5.56. The standard InChI is InChI=1S/C12H23F3N2O2/c1-9(2)4-5-17-11(18)10(3)16-6-7-19-8-12(13,14)15/h9-10,16H,4-8H2,1-3H3,(H,17,18). The van der Waals surface area contributed by atoms with Gasteiger partial charge in [-0.25, -0.2) is 0 Å². The van der Waals surface area contributed by atoms with Gasteiger partial charge in [0.15, 0.2) is 0 Å². The van der Waals surface area contributed by atoms with Crippen LogP contribution in [0.3, 0.4) is 0 Å². The third kappa shape index (κ3) is 12.0. The first-order valence-electron chi connectivity index (χ1n) is 6.38. The highest BCUT2D eigenvalue weighted by Gasteiger charge is 2.27. The quantitative estimate of drug-likeness (QED) is 0.634. The fourth-order valence-electron chi connectivity index (χ4n) is 1.27. The Balaban J connectivity index is 3.57. The average molecular weight is 284 g/mol. The largest absolute Gasteiger partial charge is 0.411 e. The van der Waals surface area contributed by atoms with Gasteiger partial charge in [-0.1, -0.05) is 13.8 Å². The van der Waals surface area contributed by atoms with Crippen LogP contribution in [0.1, 0.15) is 27.2 Å². The van der Waals surface area contributed by atoms with Gasteiger partial charge in [0.25, 0.3) is 0 Å². The Labute approximate surface area is 112 Å². The lowest BCUT2D eigenvalue weighted by Crippen LogP contribution is -2.43. The SMILES string of the molecule is CC(C)CCNC(=O)C(C)NCCOCC(F)(F)F. The number of ether oxygens (including phenoxy) is 1. The Kier molecular flexibility index (Phi) is 8.75. The second kappa shape index (κ2) is 9.14. The molecule has 0 fully saturated rings. The van der Waals surface area contributed by atoms with Gasteiger partial charge in [-0.05, 0) is 19.3 Å². The summed E-state index contributed by atoms with van der Waals surface area (Å²) in [4.78, 5) is 11.6. The number of hydrogen-bond donors (Lipinski definition) is 2. The first-order valence-corrected chi connectivity index (χ1v) is 6.38. The van der Waals surface area contributed by atoms with Gasteiger partial charge in [0, 0.05) is 13.1 Å².